The second-order valence-corrected chi connectivity index (χ2v) is 6.06. The van der Waals surface area contributed by atoms with Gasteiger partial charge in [0.1, 0.15) is 0 Å². The van der Waals surface area contributed by atoms with E-state index < -0.39 is 0 Å². The average Bonchev–Trinajstić information content (AvgIpc) is 2.38. The number of anilines is 1. The standard InChI is InChI=1S/C15H22ClN3O/c1-11(2)8-14-10-17-6-7-19(14)15(20)18-13-5-3-4-12(16)9-13/h3-5,9,11,14,17H,6-8,10H2,1-2H3,(H,18,20). The van der Waals surface area contributed by atoms with Crippen LogP contribution < -0.4 is 10.6 Å². The molecule has 1 aliphatic heterocycles. The molecule has 1 atom stereocenters. The van der Waals surface area contributed by atoms with E-state index in [1.165, 1.54) is 0 Å². The zero-order valence-electron chi connectivity index (χ0n) is 12.0. The average molecular weight is 296 g/mol. The molecule has 1 aromatic rings. The van der Waals surface area contributed by atoms with Crippen LogP contribution in [0.2, 0.25) is 5.02 Å². The van der Waals surface area contributed by atoms with Crippen LogP contribution in [0, 0.1) is 5.92 Å². The van der Waals surface area contributed by atoms with Crippen LogP contribution in [0.1, 0.15) is 20.3 Å². The lowest BCUT2D eigenvalue weighted by molar-refractivity contribution is 0.159. The summed E-state index contributed by atoms with van der Waals surface area (Å²) in [5.74, 6) is 0.571. The highest BCUT2D eigenvalue weighted by Crippen LogP contribution is 2.18. The van der Waals surface area contributed by atoms with Gasteiger partial charge in [-0.1, -0.05) is 31.5 Å². The van der Waals surface area contributed by atoms with E-state index in [0.29, 0.717) is 10.9 Å². The van der Waals surface area contributed by atoms with Crippen LogP contribution in [0.3, 0.4) is 0 Å². The molecule has 1 fully saturated rings. The number of hydrogen-bond donors (Lipinski definition) is 2. The van der Waals surface area contributed by atoms with Gasteiger partial charge in [-0.2, -0.15) is 0 Å². The quantitative estimate of drug-likeness (QED) is 0.899. The third-order valence-corrected chi connectivity index (χ3v) is 3.67. The van der Waals surface area contributed by atoms with Crippen molar-refractivity contribution in [1.29, 1.82) is 0 Å². The zero-order valence-corrected chi connectivity index (χ0v) is 12.8. The Balaban J connectivity index is 2.02. The summed E-state index contributed by atoms with van der Waals surface area (Å²) in [7, 11) is 0. The number of hydrogen-bond acceptors (Lipinski definition) is 2. The molecule has 4 nitrogen and oxygen atoms in total. The lowest BCUT2D eigenvalue weighted by atomic mass is 10.0. The SMILES string of the molecule is CC(C)CC1CNCCN1C(=O)Nc1cccc(Cl)c1. The Hall–Kier alpha value is -1.26. The fourth-order valence-corrected chi connectivity index (χ4v) is 2.73. The normalized spacial score (nSPS) is 19.2. The Morgan fingerprint density at radius 1 is 1.55 bits per heavy atom. The molecule has 2 rings (SSSR count). The number of urea groups is 1. The minimum absolute atomic E-state index is 0.0422. The van der Waals surface area contributed by atoms with E-state index in [4.69, 9.17) is 11.6 Å². The van der Waals surface area contributed by atoms with Gasteiger partial charge in [0.05, 0.1) is 0 Å². The molecular weight excluding hydrogens is 274 g/mol. The van der Waals surface area contributed by atoms with E-state index in [1.807, 2.05) is 17.0 Å². The molecule has 0 bridgehead atoms. The van der Waals surface area contributed by atoms with Crippen molar-refractivity contribution in [2.45, 2.75) is 26.3 Å². The molecule has 5 heteroatoms. The molecule has 2 N–H and O–H groups in total. The number of carbonyl (C=O) groups excluding carboxylic acids is 1. The van der Waals surface area contributed by atoms with Crippen molar-refractivity contribution in [2.24, 2.45) is 5.92 Å². The van der Waals surface area contributed by atoms with Gasteiger partial charge in [0.25, 0.3) is 0 Å². The molecule has 20 heavy (non-hydrogen) atoms. The number of amides is 2. The number of halogens is 1. The molecule has 0 radical (unpaired) electrons. The smallest absolute Gasteiger partial charge is 0.319 e. The summed E-state index contributed by atoms with van der Waals surface area (Å²) in [6.45, 7) is 6.81. The predicted molar refractivity (Wildman–Crippen MR) is 83.3 cm³/mol. The second-order valence-electron chi connectivity index (χ2n) is 5.62. The van der Waals surface area contributed by atoms with Gasteiger partial charge in [0.2, 0.25) is 0 Å². The maximum absolute atomic E-state index is 12.4. The van der Waals surface area contributed by atoms with Crippen molar-refractivity contribution in [1.82, 2.24) is 10.2 Å². The number of piperazine rings is 1. The lowest BCUT2D eigenvalue weighted by Crippen LogP contribution is -2.55. The van der Waals surface area contributed by atoms with Gasteiger partial charge >= 0.3 is 6.03 Å². The summed E-state index contributed by atoms with van der Waals surface area (Å²) in [5.41, 5.74) is 0.740. The number of rotatable bonds is 3. The molecule has 1 aromatic carbocycles. The van der Waals surface area contributed by atoms with E-state index in [0.717, 1.165) is 31.7 Å². The fraction of sp³-hybridized carbons (Fsp3) is 0.533. The summed E-state index contributed by atoms with van der Waals surface area (Å²) in [4.78, 5) is 14.3. The monoisotopic (exact) mass is 295 g/mol. The Morgan fingerprint density at radius 3 is 3.05 bits per heavy atom. The minimum Gasteiger partial charge on any atom is -0.319 e. The number of benzene rings is 1. The van der Waals surface area contributed by atoms with Gasteiger partial charge < -0.3 is 15.5 Å². The van der Waals surface area contributed by atoms with E-state index in [9.17, 15) is 4.79 Å². The lowest BCUT2D eigenvalue weighted by Gasteiger charge is -2.37. The van der Waals surface area contributed by atoms with E-state index >= 15 is 0 Å². The molecule has 0 spiro atoms. The molecule has 2 amide bonds. The third kappa shape index (κ3) is 4.12. The summed E-state index contributed by atoms with van der Waals surface area (Å²) < 4.78 is 0. The molecule has 1 aliphatic rings. The number of carbonyl (C=O) groups is 1. The number of nitrogens with one attached hydrogen (secondary N) is 2. The second kappa shape index (κ2) is 6.95. The Bertz CT molecular complexity index is 464. The zero-order chi connectivity index (χ0) is 14.5. The largest absolute Gasteiger partial charge is 0.322 e. The van der Waals surface area contributed by atoms with Crippen LogP contribution in [0.4, 0.5) is 10.5 Å². The first kappa shape index (κ1) is 15.1. The maximum Gasteiger partial charge on any atom is 0.322 e. The molecule has 110 valence electrons. The highest BCUT2D eigenvalue weighted by atomic mass is 35.5. The van der Waals surface area contributed by atoms with Crippen LogP contribution >= 0.6 is 11.6 Å². The third-order valence-electron chi connectivity index (χ3n) is 3.43. The number of nitrogens with zero attached hydrogens (tertiary/aromatic N) is 1. The first-order valence-electron chi connectivity index (χ1n) is 7.10. The van der Waals surface area contributed by atoms with E-state index in [2.05, 4.69) is 24.5 Å². The molecule has 1 heterocycles. The summed E-state index contributed by atoms with van der Waals surface area (Å²) in [6, 6.07) is 7.45. The molecular formula is C15H22ClN3O. The van der Waals surface area contributed by atoms with Crippen LogP contribution in [0.15, 0.2) is 24.3 Å². The first-order chi connectivity index (χ1) is 9.56. The molecule has 0 aliphatic carbocycles. The molecule has 0 saturated carbocycles. The summed E-state index contributed by atoms with van der Waals surface area (Å²) in [5, 5.41) is 6.91. The molecule has 1 unspecified atom stereocenters. The van der Waals surface area contributed by atoms with E-state index in [1.54, 1.807) is 12.1 Å². The highest BCUT2D eigenvalue weighted by Gasteiger charge is 2.27. The van der Waals surface area contributed by atoms with Gasteiger partial charge in [0, 0.05) is 36.4 Å². The molecule has 0 aromatic heterocycles. The Morgan fingerprint density at radius 2 is 2.35 bits per heavy atom. The minimum atomic E-state index is -0.0422. The predicted octanol–water partition coefficient (Wildman–Crippen LogP) is 3.19. The topological polar surface area (TPSA) is 44.4 Å². The van der Waals surface area contributed by atoms with Crippen molar-refractivity contribution >= 4 is 23.3 Å². The van der Waals surface area contributed by atoms with Crippen molar-refractivity contribution in [2.75, 3.05) is 25.0 Å². The Labute approximate surface area is 125 Å². The summed E-state index contributed by atoms with van der Waals surface area (Å²) >= 11 is 5.94. The van der Waals surface area contributed by atoms with Gasteiger partial charge in [-0.05, 0) is 30.5 Å². The first-order valence-corrected chi connectivity index (χ1v) is 7.48. The van der Waals surface area contributed by atoms with Crippen LogP contribution in [-0.4, -0.2) is 36.6 Å². The van der Waals surface area contributed by atoms with Crippen molar-refractivity contribution in [3.8, 4) is 0 Å². The summed E-state index contributed by atoms with van der Waals surface area (Å²) in [6.07, 6.45) is 1.01. The van der Waals surface area contributed by atoms with Gasteiger partial charge in [-0.15, -0.1) is 0 Å². The fourth-order valence-electron chi connectivity index (χ4n) is 2.54. The van der Waals surface area contributed by atoms with E-state index in [-0.39, 0.29) is 12.1 Å². The van der Waals surface area contributed by atoms with Crippen LogP contribution in [-0.2, 0) is 0 Å². The Kier molecular flexibility index (Phi) is 5.26. The van der Waals surface area contributed by atoms with Crippen molar-refractivity contribution in [3.63, 3.8) is 0 Å². The maximum atomic E-state index is 12.4. The van der Waals surface area contributed by atoms with Gasteiger partial charge in [-0.3, -0.25) is 0 Å². The van der Waals surface area contributed by atoms with Crippen LogP contribution in [0.5, 0.6) is 0 Å². The molecule has 1 saturated heterocycles. The van der Waals surface area contributed by atoms with Crippen molar-refractivity contribution in [3.05, 3.63) is 29.3 Å². The van der Waals surface area contributed by atoms with Gasteiger partial charge in [-0.25, -0.2) is 4.79 Å². The highest BCUT2D eigenvalue weighted by molar-refractivity contribution is 6.30. The van der Waals surface area contributed by atoms with Gasteiger partial charge in [0.15, 0.2) is 0 Å². The van der Waals surface area contributed by atoms with Crippen LogP contribution in [0.25, 0.3) is 0 Å². The van der Waals surface area contributed by atoms with Crippen molar-refractivity contribution < 1.29 is 4.79 Å².